The van der Waals surface area contributed by atoms with Crippen LogP contribution in [0.15, 0.2) is 0 Å². The molecule has 2 rings (SSSR count). The van der Waals surface area contributed by atoms with Crippen LogP contribution in [0, 0.1) is 35.0 Å². The van der Waals surface area contributed by atoms with Gasteiger partial charge in [0.15, 0.2) is 46.3 Å². The molecule has 0 heterocycles. The summed E-state index contributed by atoms with van der Waals surface area (Å²) in [5, 5.41) is 0. The first-order valence-electron chi connectivity index (χ1n) is 11.1. The van der Waals surface area contributed by atoms with E-state index in [4.69, 9.17) is 0 Å². The number of carbonyl (C=O) groups is 8. The van der Waals surface area contributed by atoms with Crippen molar-refractivity contribution in [3.05, 3.63) is 0 Å². The van der Waals surface area contributed by atoms with Crippen LogP contribution < -0.4 is 0 Å². The lowest BCUT2D eigenvalue weighted by Gasteiger charge is -2.37. The maximum Gasteiger partial charge on any atom is 0.163 e. The first-order valence-corrected chi connectivity index (χ1v) is 11.1. The van der Waals surface area contributed by atoms with Gasteiger partial charge in [0.1, 0.15) is 11.8 Å². The van der Waals surface area contributed by atoms with Crippen LogP contribution in [0.2, 0.25) is 0 Å². The molecule has 0 aromatic carbocycles. The van der Waals surface area contributed by atoms with Crippen molar-refractivity contribution in [1.29, 1.82) is 0 Å². The molecule has 0 aromatic heterocycles. The van der Waals surface area contributed by atoms with Gasteiger partial charge in [0, 0.05) is 12.8 Å². The maximum atomic E-state index is 13.1. The highest BCUT2D eigenvalue weighted by molar-refractivity contribution is 6.35. The van der Waals surface area contributed by atoms with E-state index in [1.165, 1.54) is 20.8 Å². The summed E-state index contributed by atoms with van der Waals surface area (Å²) in [6, 6.07) is 0. The Morgan fingerprint density at radius 1 is 0.688 bits per heavy atom. The summed E-state index contributed by atoms with van der Waals surface area (Å²) < 4.78 is 0. The Balaban J connectivity index is 2.45. The van der Waals surface area contributed by atoms with Crippen LogP contribution in [0.4, 0.5) is 0 Å². The summed E-state index contributed by atoms with van der Waals surface area (Å²) in [5.74, 6) is -13.4. The van der Waals surface area contributed by atoms with Crippen LogP contribution in [-0.2, 0) is 38.4 Å². The molecule has 0 amide bonds. The predicted octanol–water partition coefficient (Wildman–Crippen LogP) is 1.68. The van der Waals surface area contributed by atoms with Gasteiger partial charge in [0.25, 0.3) is 0 Å². The minimum atomic E-state index is -1.63. The first kappa shape index (κ1) is 25.6. The largest absolute Gasteiger partial charge is 0.298 e. The lowest BCUT2D eigenvalue weighted by atomic mass is 9.60. The van der Waals surface area contributed by atoms with E-state index in [-0.39, 0.29) is 12.8 Å². The molecule has 2 aliphatic carbocycles. The molecular formula is C24H30O8. The van der Waals surface area contributed by atoms with Crippen molar-refractivity contribution in [1.82, 2.24) is 0 Å². The van der Waals surface area contributed by atoms with Crippen molar-refractivity contribution in [2.24, 2.45) is 35.0 Å². The highest BCUT2D eigenvalue weighted by Gasteiger charge is 2.58. The average molecular weight is 446 g/mol. The highest BCUT2D eigenvalue weighted by atomic mass is 16.2. The summed E-state index contributed by atoms with van der Waals surface area (Å²) in [4.78, 5) is 102. The van der Waals surface area contributed by atoms with Gasteiger partial charge in [0.05, 0.1) is 23.2 Å². The summed E-state index contributed by atoms with van der Waals surface area (Å²) in [6.07, 6.45) is 0.274. The Labute approximate surface area is 186 Å². The van der Waals surface area contributed by atoms with E-state index in [0.717, 1.165) is 0 Å². The fourth-order valence-corrected chi connectivity index (χ4v) is 4.65. The van der Waals surface area contributed by atoms with Gasteiger partial charge >= 0.3 is 0 Å². The molecule has 2 aliphatic rings. The Kier molecular flexibility index (Phi) is 7.58. The lowest BCUT2D eigenvalue weighted by molar-refractivity contribution is -0.157. The van der Waals surface area contributed by atoms with Crippen molar-refractivity contribution in [2.75, 3.05) is 0 Å². The van der Waals surface area contributed by atoms with Crippen LogP contribution >= 0.6 is 0 Å². The van der Waals surface area contributed by atoms with E-state index in [1.54, 1.807) is 13.8 Å². The molecule has 0 N–H and O–H groups in total. The van der Waals surface area contributed by atoms with Gasteiger partial charge in [-0.15, -0.1) is 0 Å². The van der Waals surface area contributed by atoms with Crippen LogP contribution in [0.3, 0.4) is 0 Å². The van der Waals surface area contributed by atoms with Gasteiger partial charge < -0.3 is 0 Å². The zero-order valence-electron chi connectivity index (χ0n) is 19.2. The van der Waals surface area contributed by atoms with Crippen LogP contribution in [0.5, 0.6) is 0 Å². The van der Waals surface area contributed by atoms with E-state index < -0.39 is 87.7 Å². The number of Topliss-reactive ketones (excluding diaryl/α,β-unsaturated/α-hetero) is 8. The van der Waals surface area contributed by atoms with E-state index in [9.17, 15) is 38.4 Å². The molecule has 2 saturated carbocycles. The molecule has 2 fully saturated rings. The molecular weight excluding hydrogens is 416 g/mol. The smallest absolute Gasteiger partial charge is 0.163 e. The van der Waals surface area contributed by atoms with Crippen molar-refractivity contribution in [3.63, 3.8) is 0 Å². The Bertz CT molecular complexity index is 909. The normalized spacial score (nSPS) is 30.6. The molecule has 5 atom stereocenters. The van der Waals surface area contributed by atoms with Crippen LogP contribution in [0.25, 0.3) is 0 Å². The van der Waals surface area contributed by atoms with Crippen molar-refractivity contribution in [3.8, 4) is 0 Å². The van der Waals surface area contributed by atoms with Crippen molar-refractivity contribution in [2.45, 2.75) is 66.7 Å². The molecule has 32 heavy (non-hydrogen) atoms. The second-order valence-electron chi connectivity index (χ2n) is 9.32. The molecule has 8 nitrogen and oxygen atoms in total. The zero-order valence-corrected chi connectivity index (χ0v) is 19.2. The van der Waals surface area contributed by atoms with Crippen molar-refractivity contribution < 1.29 is 38.4 Å². The summed E-state index contributed by atoms with van der Waals surface area (Å²) in [5.41, 5.74) is -1.63. The SMILES string of the molecule is CCCC(=O)[C@@H]1C(=O)[C@H](C)C(=O)[C@@H](C[C@@H]2C(=O)[C@H](C(=O)CCC)C(=O)C(C)(C)C2=O)C1=O. The van der Waals surface area contributed by atoms with Gasteiger partial charge in [0.2, 0.25) is 0 Å². The topological polar surface area (TPSA) is 137 Å². The van der Waals surface area contributed by atoms with Gasteiger partial charge in [-0.25, -0.2) is 0 Å². The second kappa shape index (κ2) is 9.46. The molecule has 8 heteroatoms. The molecule has 0 saturated heterocycles. The third-order valence-electron chi connectivity index (χ3n) is 6.66. The Morgan fingerprint density at radius 2 is 1.16 bits per heavy atom. The number of carbonyl (C=O) groups excluding carboxylic acids is 8. The van der Waals surface area contributed by atoms with Gasteiger partial charge in [-0.1, -0.05) is 13.8 Å². The van der Waals surface area contributed by atoms with E-state index in [2.05, 4.69) is 0 Å². The fraction of sp³-hybridized carbons (Fsp3) is 0.667. The van der Waals surface area contributed by atoms with Crippen molar-refractivity contribution >= 4 is 46.3 Å². The number of ketones is 8. The van der Waals surface area contributed by atoms with Gasteiger partial charge in [-0.2, -0.15) is 0 Å². The summed E-state index contributed by atoms with van der Waals surface area (Å²) >= 11 is 0. The standard InChI is InChI=1S/C24H30O8/c1-6-8-14(25)16-19(28)11(3)18(27)12(20(16)29)10-13-21(30)17(15(26)9-7-2)23(32)24(4,5)22(13)31/h11-13,16-17H,6-10H2,1-5H3/t11-,12-,13-,16-,17+/m1/s1. The molecule has 0 bridgehead atoms. The molecule has 174 valence electrons. The quantitative estimate of drug-likeness (QED) is 0.514. The number of rotatable bonds is 8. The molecule has 0 radical (unpaired) electrons. The zero-order chi connectivity index (χ0) is 24.5. The number of hydrogen-bond donors (Lipinski definition) is 0. The van der Waals surface area contributed by atoms with E-state index >= 15 is 0 Å². The monoisotopic (exact) mass is 446 g/mol. The van der Waals surface area contributed by atoms with Crippen LogP contribution in [-0.4, -0.2) is 46.3 Å². The molecule has 0 unspecified atom stereocenters. The lowest BCUT2D eigenvalue weighted by Crippen LogP contribution is -2.57. The molecule has 0 aromatic rings. The molecule has 0 aliphatic heterocycles. The molecule has 0 spiro atoms. The highest BCUT2D eigenvalue weighted by Crippen LogP contribution is 2.40. The third-order valence-corrected chi connectivity index (χ3v) is 6.66. The Morgan fingerprint density at radius 3 is 1.66 bits per heavy atom. The van der Waals surface area contributed by atoms with Gasteiger partial charge in [-0.3, -0.25) is 38.4 Å². The third kappa shape index (κ3) is 4.19. The summed E-state index contributed by atoms with van der Waals surface area (Å²) in [6.45, 7) is 7.39. The average Bonchev–Trinajstić information content (AvgIpc) is 2.71. The minimum Gasteiger partial charge on any atom is -0.298 e. The second-order valence-corrected chi connectivity index (χ2v) is 9.32. The minimum absolute atomic E-state index is 0.00774. The van der Waals surface area contributed by atoms with Crippen LogP contribution in [0.1, 0.15) is 66.7 Å². The van der Waals surface area contributed by atoms with E-state index in [0.29, 0.717) is 12.8 Å². The maximum absolute atomic E-state index is 13.1. The number of hydrogen-bond acceptors (Lipinski definition) is 8. The van der Waals surface area contributed by atoms with E-state index in [1.807, 2.05) is 0 Å². The predicted molar refractivity (Wildman–Crippen MR) is 111 cm³/mol. The Hall–Kier alpha value is -2.64. The fourth-order valence-electron chi connectivity index (χ4n) is 4.65. The van der Waals surface area contributed by atoms with Gasteiger partial charge in [-0.05, 0) is 40.0 Å². The first-order chi connectivity index (χ1) is 14.8. The summed E-state index contributed by atoms with van der Waals surface area (Å²) in [7, 11) is 0.